The van der Waals surface area contributed by atoms with Gasteiger partial charge in [0.25, 0.3) is 0 Å². The first-order valence-electron chi connectivity index (χ1n) is 5.38. The zero-order chi connectivity index (χ0) is 12.1. The number of aliphatic hydroxyl groups excluding tert-OH is 1. The SMILES string of the molecule is CC(CCN1CC(O)C1)C(C=O)NC(=O)O. The van der Waals surface area contributed by atoms with Crippen LogP contribution in [0.4, 0.5) is 4.79 Å². The molecule has 0 saturated carbocycles. The Morgan fingerprint density at radius 3 is 2.69 bits per heavy atom. The third-order valence-corrected chi connectivity index (χ3v) is 2.89. The van der Waals surface area contributed by atoms with E-state index in [0.717, 1.165) is 13.0 Å². The molecular weight excluding hydrogens is 212 g/mol. The zero-order valence-electron chi connectivity index (χ0n) is 9.30. The van der Waals surface area contributed by atoms with Crippen molar-refractivity contribution >= 4 is 12.4 Å². The van der Waals surface area contributed by atoms with Crippen molar-refractivity contribution in [3.63, 3.8) is 0 Å². The van der Waals surface area contributed by atoms with E-state index < -0.39 is 12.1 Å². The fourth-order valence-corrected chi connectivity index (χ4v) is 1.74. The second kappa shape index (κ2) is 5.81. The summed E-state index contributed by atoms with van der Waals surface area (Å²) in [5.74, 6) is -0.0358. The number of carboxylic acid groups (broad SMARTS) is 1. The van der Waals surface area contributed by atoms with Crippen LogP contribution in [0, 0.1) is 5.92 Å². The summed E-state index contributed by atoms with van der Waals surface area (Å²) < 4.78 is 0. The van der Waals surface area contributed by atoms with Crippen LogP contribution in [-0.4, -0.2) is 59.3 Å². The topological polar surface area (TPSA) is 89.9 Å². The van der Waals surface area contributed by atoms with Gasteiger partial charge < -0.3 is 20.3 Å². The fourth-order valence-electron chi connectivity index (χ4n) is 1.74. The maximum absolute atomic E-state index is 10.7. The van der Waals surface area contributed by atoms with Crippen molar-refractivity contribution in [3.05, 3.63) is 0 Å². The predicted molar refractivity (Wildman–Crippen MR) is 57.2 cm³/mol. The minimum atomic E-state index is -1.18. The van der Waals surface area contributed by atoms with Crippen LogP contribution in [0.1, 0.15) is 13.3 Å². The second-order valence-electron chi connectivity index (χ2n) is 4.29. The molecule has 0 spiro atoms. The lowest BCUT2D eigenvalue weighted by molar-refractivity contribution is -0.110. The Morgan fingerprint density at radius 2 is 2.25 bits per heavy atom. The van der Waals surface area contributed by atoms with Crippen molar-refractivity contribution in [1.29, 1.82) is 0 Å². The Balaban J connectivity index is 2.23. The van der Waals surface area contributed by atoms with E-state index >= 15 is 0 Å². The average Bonchev–Trinajstić information content (AvgIpc) is 2.18. The van der Waals surface area contributed by atoms with Gasteiger partial charge in [-0.2, -0.15) is 0 Å². The number of rotatable bonds is 6. The first-order valence-corrected chi connectivity index (χ1v) is 5.38. The van der Waals surface area contributed by atoms with E-state index in [4.69, 9.17) is 10.2 Å². The molecule has 1 aliphatic heterocycles. The second-order valence-corrected chi connectivity index (χ2v) is 4.29. The molecule has 3 N–H and O–H groups in total. The molecule has 1 heterocycles. The van der Waals surface area contributed by atoms with Gasteiger partial charge in [0.1, 0.15) is 6.29 Å². The van der Waals surface area contributed by atoms with Gasteiger partial charge in [0.05, 0.1) is 12.1 Å². The molecule has 1 fully saturated rings. The molecule has 92 valence electrons. The summed E-state index contributed by atoms with van der Waals surface area (Å²) >= 11 is 0. The van der Waals surface area contributed by atoms with E-state index in [-0.39, 0.29) is 12.0 Å². The van der Waals surface area contributed by atoms with Crippen molar-refractivity contribution in [2.24, 2.45) is 5.92 Å². The number of amides is 1. The number of hydrogen-bond donors (Lipinski definition) is 3. The lowest BCUT2D eigenvalue weighted by Crippen LogP contribution is -2.51. The van der Waals surface area contributed by atoms with Crippen LogP contribution in [0.25, 0.3) is 0 Å². The molecule has 0 radical (unpaired) electrons. The molecule has 1 amide bonds. The molecule has 6 nitrogen and oxygen atoms in total. The number of hydrogen-bond acceptors (Lipinski definition) is 4. The highest BCUT2D eigenvalue weighted by molar-refractivity contribution is 5.71. The Morgan fingerprint density at radius 1 is 1.62 bits per heavy atom. The van der Waals surface area contributed by atoms with Gasteiger partial charge in [-0.05, 0) is 18.9 Å². The van der Waals surface area contributed by atoms with E-state index in [0.29, 0.717) is 19.4 Å². The molecule has 1 saturated heterocycles. The molecule has 1 rings (SSSR count). The number of aldehydes is 1. The first-order chi connectivity index (χ1) is 7.52. The van der Waals surface area contributed by atoms with Crippen molar-refractivity contribution < 1.29 is 19.8 Å². The lowest BCUT2D eigenvalue weighted by atomic mass is 9.98. The number of likely N-dealkylation sites (tertiary alicyclic amines) is 1. The number of β-amino-alcohol motifs (C(OH)–C–C–N with tert-alkyl or cyclic N) is 1. The summed E-state index contributed by atoms with van der Waals surface area (Å²) in [6.45, 7) is 3.96. The lowest BCUT2D eigenvalue weighted by Gasteiger charge is -2.36. The standard InChI is InChI=1S/C10H18N2O4/c1-7(9(6-13)11-10(15)16)2-3-12-4-8(14)5-12/h6-9,11,14H,2-5H2,1H3,(H,15,16). The number of nitrogens with one attached hydrogen (secondary N) is 1. The molecule has 2 unspecified atom stereocenters. The summed E-state index contributed by atoms with van der Waals surface area (Å²) in [5.41, 5.74) is 0. The molecule has 0 aromatic heterocycles. The molecule has 0 bridgehead atoms. The zero-order valence-corrected chi connectivity index (χ0v) is 9.30. The van der Waals surface area contributed by atoms with Gasteiger partial charge in [0.2, 0.25) is 0 Å². The molecule has 6 heteroatoms. The highest BCUT2D eigenvalue weighted by Crippen LogP contribution is 2.13. The van der Waals surface area contributed by atoms with Gasteiger partial charge in [-0.25, -0.2) is 4.79 Å². The Bertz CT molecular complexity index is 253. The van der Waals surface area contributed by atoms with Gasteiger partial charge >= 0.3 is 6.09 Å². The van der Waals surface area contributed by atoms with Crippen LogP contribution in [0.5, 0.6) is 0 Å². The van der Waals surface area contributed by atoms with E-state index in [2.05, 4.69) is 10.2 Å². The highest BCUT2D eigenvalue weighted by Gasteiger charge is 2.25. The average molecular weight is 230 g/mol. The minimum absolute atomic E-state index is 0.0358. The van der Waals surface area contributed by atoms with Crippen LogP contribution in [0.2, 0.25) is 0 Å². The van der Waals surface area contributed by atoms with Crippen LogP contribution < -0.4 is 5.32 Å². The number of carbonyl (C=O) groups is 2. The van der Waals surface area contributed by atoms with E-state index in [9.17, 15) is 9.59 Å². The number of aliphatic hydroxyl groups is 1. The molecular formula is C10H18N2O4. The number of nitrogens with zero attached hydrogens (tertiary/aromatic N) is 1. The van der Waals surface area contributed by atoms with Gasteiger partial charge in [-0.3, -0.25) is 4.90 Å². The molecule has 0 aliphatic carbocycles. The van der Waals surface area contributed by atoms with Crippen LogP contribution >= 0.6 is 0 Å². The van der Waals surface area contributed by atoms with E-state index in [1.165, 1.54) is 0 Å². The van der Waals surface area contributed by atoms with Crippen LogP contribution in [0.15, 0.2) is 0 Å². The number of carbonyl (C=O) groups excluding carboxylic acids is 1. The van der Waals surface area contributed by atoms with Crippen LogP contribution in [-0.2, 0) is 4.79 Å². The summed E-state index contributed by atoms with van der Waals surface area (Å²) in [7, 11) is 0. The van der Waals surface area contributed by atoms with Gasteiger partial charge in [0, 0.05) is 13.1 Å². The summed E-state index contributed by atoms with van der Waals surface area (Å²) in [6, 6.07) is -0.649. The molecule has 0 aromatic rings. The fraction of sp³-hybridized carbons (Fsp3) is 0.800. The monoisotopic (exact) mass is 230 g/mol. The molecule has 1 aliphatic rings. The molecule has 0 aromatic carbocycles. The summed E-state index contributed by atoms with van der Waals surface area (Å²) in [5, 5.41) is 19.8. The quantitative estimate of drug-likeness (QED) is 0.536. The molecule has 2 atom stereocenters. The third-order valence-electron chi connectivity index (χ3n) is 2.89. The largest absolute Gasteiger partial charge is 0.465 e. The van der Waals surface area contributed by atoms with Crippen molar-refractivity contribution in [2.45, 2.75) is 25.5 Å². The Labute approximate surface area is 94.2 Å². The van der Waals surface area contributed by atoms with E-state index in [1.807, 2.05) is 6.92 Å². The smallest absolute Gasteiger partial charge is 0.405 e. The van der Waals surface area contributed by atoms with Crippen molar-refractivity contribution in [3.8, 4) is 0 Å². The van der Waals surface area contributed by atoms with Gasteiger partial charge in [-0.15, -0.1) is 0 Å². The molecule has 16 heavy (non-hydrogen) atoms. The Hall–Kier alpha value is -1.14. The van der Waals surface area contributed by atoms with Gasteiger partial charge in [0.15, 0.2) is 0 Å². The highest BCUT2D eigenvalue weighted by atomic mass is 16.4. The third kappa shape index (κ3) is 3.79. The van der Waals surface area contributed by atoms with E-state index in [1.54, 1.807) is 0 Å². The van der Waals surface area contributed by atoms with Crippen molar-refractivity contribution in [1.82, 2.24) is 10.2 Å². The summed E-state index contributed by atoms with van der Waals surface area (Å²) in [6.07, 6.45) is -0.0437. The maximum atomic E-state index is 10.7. The van der Waals surface area contributed by atoms with Crippen molar-refractivity contribution in [2.75, 3.05) is 19.6 Å². The van der Waals surface area contributed by atoms with Crippen LogP contribution in [0.3, 0.4) is 0 Å². The van der Waals surface area contributed by atoms with Gasteiger partial charge in [-0.1, -0.05) is 6.92 Å². The minimum Gasteiger partial charge on any atom is -0.465 e. The summed E-state index contributed by atoms with van der Waals surface area (Å²) in [4.78, 5) is 23.2. The first kappa shape index (κ1) is 12.9. The maximum Gasteiger partial charge on any atom is 0.405 e. The Kier molecular flexibility index (Phi) is 4.70. The predicted octanol–water partition coefficient (Wildman–Crippen LogP) is -0.476. The normalized spacial score (nSPS) is 20.9.